The SMILES string of the molecule is O=C(O)CCC1CCN(CC=CCl)CC1. The predicted octanol–water partition coefficient (Wildman–Crippen LogP) is 2.32. The lowest BCUT2D eigenvalue weighted by atomic mass is 9.92. The maximum absolute atomic E-state index is 10.4. The van der Waals surface area contributed by atoms with Crippen molar-refractivity contribution in [1.82, 2.24) is 4.90 Å². The first-order valence-electron chi connectivity index (χ1n) is 5.41. The van der Waals surface area contributed by atoms with E-state index in [9.17, 15) is 4.79 Å². The van der Waals surface area contributed by atoms with Crippen molar-refractivity contribution in [3.05, 3.63) is 11.6 Å². The fourth-order valence-electron chi connectivity index (χ4n) is 1.97. The molecule has 0 aromatic rings. The number of hydrogen-bond acceptors (Lipinski definition) is 2. The molecule has 0 unspecified atom stereocenters. The summed E-state index contributed by atoms with van der Waals surface area (Å²) in [7, 11) is 0. The third kappa shape index (κ3) is 5.19. The molecule has 0 aliphatic carbocycles. The van der Waals surface area contributed by atoms with Gasteiger partial charge in [-0.25, -0.2) is 0 Å². The van der Waals surface area contributed by atoms with Crippen LogP contribution in [0.15, 0.2) is 11.6 Å². The molecule has 0 atom stereocenters. The van der Waals surface area contributed by atoms with Crippen LogP contribution >= 0.6 is 11.6 Å². The average molecular weight is 232 g/mol. The van der Waals surface area contributed by atoms with Gasteiger partial charge < -0.3 is 5.11 Å². The van der Waals surface area contributed by atoms with Gasteiger partial charge in [-0.2, -0.15) is 0 Å². The number of rotatable bonds is 5. The molecule has 15 heavy (non-hydrogen) atoms. The number of carboxylic acid groups (broad SMARTS) is 1. The Morgan fingerprint density at radius 3 is 2.67 bits per heavy atom. The van der Waals surface area contributed by atoms with Crippen molar-refractivity contribution in [3.8, 4) is 0 Å². The van der Waals surface area contributed by atoms with Gasteiger partial charge >= 0.3 is 5.97 Å². The quantitative estimate of drug-likeness (QED) is 0.790. The molecule has 0 saturated carbocycles. The highest BCUT2D eigenvalue weighted by molar-refractivity contribution is 6.25. The van der Waals surface area contributed by atoms with Gasteiger partial charge in [0.25, 0.3) is 0 Å². The third-order valence-electron chi connectivity index (χ3n) is 2.93. The number of likely N-dealkylation sites (tertiary alicyclic amines) is 1. The van der Waals surface area contributed by atoms with Crippen LogP contribution in [0.3, 0.4) is 0 Å². The number of hydrogen-bond donors (Lipinski definition) is 1. The molecule has 1 aliphatic heterocycles. The average Bonchev–Trinajstić information content (AvgIpc) is 2.25. The Kier molecular flexibility index (Phi) is 5.73. The molecule has 3 nitrogen and oxygen atoms in total. The van der Waals surface area contributed by atoms with Crippen LogP contribution in [0, 0.1) is 5.92 Å². The topological polar surface area (TPSA) is 40.5 Å². The van der Waals surface area contributed by atoms with E-state index >= 15 is 0 Å². The highest BCUT2D eigenvalue weighted by atomic mass is 35.5. The second-order valence-corrected chi connectivity index (χ2v) is 4.29. The number of carboxylic acids is 1. The molecule has 4 heteroatoms. The minimum absolute atomic E-state index is 0.312. The van der Waals surface area contributed by atoms with Crippen LogP contribution < -0.4 is 0 Å². The first-order chi connectivity index (χ1) is 7.22. The molecule has 1 N–H and O–H groups in total. The van der Waals surface area contributed by atoms with Gasteiger partial charge in [0.15, 0.2) is 0 Å². The number of halogens is 1. The maximum Gasteiger partial charge on any atom is 0.303 e. The summed E-state index contributed by atoms with van der Waals surface area (Å²) in [5.74, 6) is -0.0835. The van der Waals surface area contributed by atoms with E-state index in [0.717, 1.165) is 38.9 Å². The second-order valence-electron chi connectivity index (χ2n) is 4.04. The van der Waals surface area contributed by atoms with Crippen molar-refractivity contribution >= 4 is 17.6 Å². The molecule has 1 rings (SSSR count). The van der Waals surface area contributed by atoms with Crippen molar-refractivity contribution in [2.75, 3.05) is 19.6 Å². The Hall–Kier alpha value is -0.540. The minimum atomic E-state index is -0.678. The van der Waals surface area contributed by atoms with Gasteiger partial charge in [-0.05, 0) is 38.3 Å². The monoisotopic (exact) mass is 231 g/mol. The van der Waals surface area contributed by atoms with E-state index in [0.29, 0.717) is 12.3 Å². The van der Waals surface area contributed by atoms with Gasteiger partial charge in [0.1, 0.15) is 0 Å². The summed E-state index contributed by atoms with van der Waals surface area (Å²) >= 11 is 5.46. The smallest absolute Gasteiger partial charge is 0.303 e. The molecular formula is C11H18ClNO2. The summed E-state index contributed by atoms with van der Waals surface area (Å²) in [6.45, 7) is 3.03. The molecule has 0 spiro atoms. The summed E-state index contributed by atoms with van der Waals surface area (Å²) < 4.78 is 0. The summed E-state index contributed by atoms with van der Waals surface area (Å²) in [6, 6.07) is 0. The predicted molar refractivity (Wildman–Crippen MR) is 61.0 cm³/mol. The van der Waals surface area contributed by atoms with Gasteiger partial charge in [0.05, 0.1) is 0 Å². The number of piperidine rings is 1. The van der Waals surface area contributed by atoms with Crippen LogP contribution in [-0.4, -0.2) is 35.6 Å². The Morgan fingerprint density at radius 1 is 1.47 bits per heavy atom. The van der Waals surface area contributed by atoms with E-state index in [-0.39, 0.29) is 0 Å². The van der Waals surface area contributed by atoms with E-state index in [2.05, 4.69) is 4.90 Å². The van der Waals surface area contributed by atoms with Gasteiger partial charge in [0.2, 0.25) is 0 Å². The molecule has 0 radical (unpaired) electrons. The molecule has 0 amide bonds. The van der Waals surface area contributed by atoms with E-state index in [1.165, 1.54) is 0 Å². The van der Waals surface area contributed by atoms with Crippen molar-refractivity contribution in [1.29, 1.82) is 0 Å². The Morgan fingerprint density at radius 2 is 2.13 bits per heavy atom. The summed E-state index contributed by atoms with van der Waals surface area (Å²) in [4.78, 5) is 12.8. The molecule has 86 valence electrons. The van der Waals surface area contributed by atoms with Gasteiger partial charge in [0, 0.05) is 18.5 Å². The lowest BCUT2D eigenvalue weighted by molar-refractivity contribution is -0.137. The summed E-state index contributed by atoms with van der Waals surface area (Å²) in [6.07, 6.45) is 5.31. The van der Waals surface area contributed by atoms with Crippen molar-refractivity contribution in [2.45, 2.75) is 25.7 Å². The summed E-state index contributed by atoms with van der Waals surface area (Å²) in [5.41, 5.74) is 1.55. The van der Waals surface area contributed by atoms with Crippen LogP contribution in [0.1, 0.15) is 25.7 Å². The van der Waals surface area contributed by atoms with Gasteiger partial charge in [-0.15, -0.1) is 0 Å². The van der Waals surface area contributed by atoms with Crippen LogP contribution in [-0.2, 0) is 4.79 Å². The zero-order valence-corrected chi connectivity index (χ0v) is 9.62. The van der Waals surface area contributed by atoms with Gasteiger partial charge in [-0.1, -0.05) is 17.7 Å². The van der Waals surface area contributed by atoms with E-state index in [1.54, 1.807) is 5.54 Å². The molecule has 0 aromatic heterocycles. The highest BCUT2D eigenvalue weighted by Crippen LogP contribution is 2.21. The standard InChI is InChI=1S/C11H18ClNO2/c12-6-1-7-13-8-4-10(5-9-13)2-3-11(14)15/h1,6,10H,2-5,7-9H2,(H,14,15). The normalized spacial score (nSPS) is 19.8. The van der Waals surface area contributed by atoms with Crippen molar-refractivity contribution in [2.24, 2.45) is 5.92 Å². The molecule has 1 heterocycles. The largest absolute Gasteiger partial charge is 0.481 e. The third-order valence-corrected chi connectivity index (χ3v) is 3.10. The Labute approximate surface area is 95.7 Å². The molecule has 0 bridgehead atoms. The van der Waals surface area contributed by atoms with Crippen LogP contribution in [0.4, 0.5) is 0 Å². The fraction of sp³-hybridized carbons (Fsp3) is 0.727. The zero-order valence-electron chi connectivity index (χ0n) is 8.86. The van der Waals surface area contributed by atoms with Crippen molar-refractivity contribution in [3.63, 3.8) is 0 Å². The lowest BCUT2D eigenvalue weighted by Crippen LogP contribution is -2.33. The maximum atomic E-state index is 10.4. The first-order valence-corrected chi connectivity index (χ1v) is 5.85. The number of aliphatic carboxylic acids is 1. The fourth-order valence-corrected chi connectivity index (χ4v) is 2.05. The molecule has 1 fully saturated rings. The summed E-state index contributed by atoms with van der Waals surface area (Å²) in [5, 5.41) is 8.58. The van der Waals surface area contributed by atoms with E-state index < -0.39 is 5.97 Å². The van der Waals surface area contributed by atoms with Crippen LogP contribution in [0.2, 0.25) is 0 Å². The van der Waals surface area contributed by atoms with E-state index in [1.807, 2.05) is 6.08 Å². The lowest BCUT2D eigenvalue weighted by Gasteiger charge is -2.30. The molecule has 1 saturated heterocycles. The molecule has 1 aliphatic rings. The zero-order chi connectivity index (χ0) is 11.1. The Balaban J connectivity index is 2.15. The van der Waals surface area contributed by atoms with E-state index in [4.69, 9.17) is 16.7 Å². The van der Waals surface area contributed by atoms with Crippen LogP contribution in [0.5, 0.6) is 0 Å². The molecular weight excluding hydrogens is 214 g/mol. The minimum Gasteiger partial charge on any atom is -0.481 e. The molecule has 0 aromatic carbocycles. The Bertz CT molecular complexity index is 223. The highest BCUT2D eigenvalue weighted by Gasteiger charge is 2.18. The second kappa shape index (κ2) is 6.85. The van der Waals surface area contributed by atoms with Crippen molar-refractivity contribution < 1.29 is 9.90 Å². The van der Waals surface area contributed by atoms with Crippen LogP contribution in [0.25, 0.3) is 0 Å². The van der Waals surface area contributed by atoms with Gasteiger partial charge in [-0.3, -0.25) is 9.69 Å². The number of nitrogens with zero attached hydrogens (tertiary/aromatic N) is 1. The first kappa shape index (κ1) is 12.5. The number of carbonyl (C=O) groups is 1.